The van der Waals surface area contributed by atoms with E-state index in [1.165, 1.54) is 17.4 Å². The topological polar surface area (TPSA) is 12.9 Å². The number of hydrogen-bond donors (Lipinski definition) is 0. The summed E-state index contributed by atoms with van der Waals surface area (Å²) in [6, 6.07) is 4.99. The van der Waals surface area contributed by atoms with Crippen molar-refractivity contribution in [2.24, 2.45) is 0 Å². The third-order valence-corrected chi connectivity index (χ3v) is 2.37. The maximum atomic E-state index is 12.1. The minimum absolute atomic E-state index is 0.371. The normalized spacial score (nSPS) is 12.2. The number of halogens is 3. The van der Waals surface area contributed by atoms with E-state index in [-0.39, 0.29) is 0 Å². The molecular formula is C8H3F3NS. The first kappa shape index (κ1) is 8.50. The number of nitrogens with zero attached hydrogens (tertiary/aromatic N) is 1. The second-order valence-electron chi connectivity index (χ2n) is 2.42. The van der Waals surface area contributed by atoms with E-state index < -0.39 is 11.9 Å². The number of rotatable bonds is 0. The first-order valence-corrected chi connectivity index (χ1v) is 4.28. The van der Waals surface area contributed by atoms with E-state index in [1.54, 1.807) is 11.4 Å². The van der Waals surface area contributed by atoms with Gasteiger partial charge in [-0.3, -0.25) is 0 Å². The van der Waals surface area contributed by atoms with Crippen LogP contribution in [0.2, 0.25) is 0 Å². The van der Waals surface area contributed by atoms with Gasteiger partial charge in [0.2, 0.25) is 0 Å². The highest BCUT2D eigenvalue weighted by Crippen LogP contribution is 2.29. The second-order valence-corrected chi connectivity index (χ2v) is 3.36. The van der Waals surface area contributed by atoms with Gasteiger partial charge in [-0.25, -0.2) is 4.98 Å². The van der Waals surface area contributed by atoms with Crippen molar-refractivity contribution in [3.05, 3.63) is 29.3 Å². The molecule has 67 valence electrons. The third kappa shape index (κ3) is 1.51. The highest BCUT2D eigenvalue weighted by molar-refractivity contribution is 7.17. The minimum Gasteiger partial charge on any atom is -0.242 e. The molecule has 0 N–H and O–H groups in total. The standard InChI is InChI=1S/C8H3F3NS/c9-8(10,11)7-2-1-6-5(12-7)3-4-13-6/h1,3-4H. The van der Waals surface area contributed by atoms with Gasteiger partial charge in [-0.05, 0) is 17.5 Å². The molecule has 0 aliphatic heterocycles. The molecular weight excluding hydrogens is 199 g/mol. The van der Waals surface area contributed by atoms with Crippen molar-refractivity contribution in [2.75, 3.05) is 0 Å². The van der Waals surface area contributed by atoms with Gasteiger partial charge in [-0.1, -0.05) is 0 Å². The molecule has 2 heterocycles. The third-order valence-electron chi connectivity index (χ3n) is 1.51. The number of aromatic nitrogens is 1. The predicted octanol–water partition coefficient (Wildman–Crippen LogP) is 3.12. The number of fused-ring (bicyclic) bond motifs is 1. The first-order chi connectivity index (χ1) is 6.07. The molecule has 0 saturated heterocycles. The summed E-state index contributed by atoms with van der Waals surface area (Å²) in [5.41, 5.74) is -0.588. The zero-order valence-corrected chi connectivity index (χ0v) is 7.04. The van der Waals surface area contributed by atoms with Gasteiger partial charge < -0.3 is 0 Å². The lowest BCUT2D eigenvalue weighted by Gasteiger charge is -2.03. The van der Waals surface area contributed by atoms with Crippen molar-refractivity contribution in [3.63, 3.8) is 0 Å². The fraction of sp³-hybridized carbons (Fsp3) is 0.125. The molecule has 0 fully saturated rings. The summed E-state index contributed by atoms with van der Waals surface area (Å²) in [5, 5.41) is 1.70. The Bertz CT molecular complexity index is 432. The van der Waals surface area contributed by atoms with Gasteiger partial charge in [0.15, 0.2) is 5.69 Å². The zero-order chi connectivity index (χ0) is 9.47. The smallest absolute Gasteiger partial charge is 0.242 e. The molecule has 0 saturated carbocycles. The highest BCUT2D eigenvalue weighted by atomic mass is 32.1. The average molecular weight is 202 g/mol. The number of hydrogen-bond acceptors (Lipinski definition) is 2. The fourth-order valence-corrected chi connectivity index (χ4v) is 1.65. The summed E-state index contributed by atoms with van der Waals surface area (Å²) < 4.78 is 37.1. The van der Waals surface area contributed by atoms with Gasteiger partial charge in [0.05, 0.1) is 10.2 Å². The van der Waals surface area contributed by atoms with Crippen LogP contribution in [0.15, 0.2) is 17.5 Å². The molecule has 5 heteroatoms. The Morgan fingerprint density at radius 3 is 2.85 bits per heavy atom. The summed E-state index contributed by atoms with van der Waals surface area (Å²) in [5.74, 6) is 0. The summed E-state index contributed by atoms with van der Waals surface area (Å²) in [4.78, 5) is 3.44. The van der Waals surface area contributed by atoms with Crippen LogP contribution in [-0.4, -0.2) is 4.98 Å². The lowest BCUT2D eigenvalue weighted by molar-refractivity contribution is -0.141. The second kappa shape index (κ2) is 2.70. The van der Waals surface area contributed by atoms with Gasteiger partial charge in [0.25, 0.3) is 0 Å². The van der Waals surface area contributed by atoms with Crippen molar-refractivity contribution in [3.8, 4) is 0 Å². The monoisotopic (exact) mass is 202 g/mol. The van der Waals surface area contributed by atoms with E-state index in [0.717, 1.165) is 0 Å². The molecule has 1 nitrogen and oxygen atoms in total. The molecule has 0 bridgehead atoms. The van der Waals surface area contributed by atoms with Crippen LogP contribution >= 0.6 is 11.3 Å². The summed E-state index contributed by atoms with van der Waals surface area (Å²) in [7, 11) is 0. The van der Waals surface area contributed by atoms with E-state index in [0.29, 0.717) is 10.2 Å². The molecule has 0 spiro atoms. The van der Waals surface area contributed by atoms with Crippen molar-refractivity contribution in [2.45, 2.75) is 6.18 Å². The van der Waals surface area contributed by atoms with E-state index >= 15 is 0 Å². The SMILES string of the molecule is FC(F)(F)c1[c]cc2sccc2n1. The molecule has 0 atom stereocenters. The number of pyridine rings is 1. The van der Waals surface area contributed by atoms with Crippen LogP contribution < -0.4 is 0 Å². The Morgan fingerprint density at radius 2 is 2.15 bits per heavy atom. The first-order valence-electron chi connectivity index (χ1n) is 3.40. The number of thiophene rings is 1. The molecule has 0 aliphatic rings. The van der Waals surface area contributed by atoms with Crippen LogP contribution in [0.25, 0.3) is 10.2 Å². The molecule has 0 amide bonds. The zero-order valence-electron chi connectivity index (χ0n) is 6.22. The van der Waals surface area contributed by atoms with Crippen LogP contribution in [0, 0.1) is 6.07 Å². The van der Waals surface area contributed by atoms with Crippen molar-refractivity contribution >= 4 is 21.6 Å². The Labute approximate surface area is 75.8 Å². The average Bonchev–Trinajstić information content (AvgIpc) is 2.47. The van der Waals surface area contributed by atoms with Gasteiger partial charge in [0.1, 0.15) is 0 Å². The van der Waals surface area contributed by atoms with Crippen LogP contribution in [-0.2, 0) is 6.18 Å². The maximum Gasteiger partial charge on any atom is 0.433 e. The Morgan fingerprint density at radius 1 is 1.38 bits per heavy atom. The molecule has 0 aliphatic carbocycles. The van der Waals surface area contributed by atoms with Gasteiger partial charge >= 0.3 is 6.18 Å². The lowest BCUT2D eigenvalue weighted by Crippen LogP contribution is -2.07. The van der Waals surface area contributed by atoms with E-state index in [4.69, 9.17) is 0 Å². The molecule has 0 aromatic carbocycles. The molecule has 13 heavy (non-hydrogen) atoms. The van der Waals surface area contributed by atoms with Crippen LogP contribution in [0.1, 0.15) is 5.69 Å². The van der Waals surface area contributed by atoms with E-state index in [1.807, 2.05) is 0 Å². The van der Waals surface area contributed by atoms with Crippen LogP contribution in [0.5, 0.6) is 0 Å². The largest absolute Gasteiger partial charge is 0.433 e. The van der Waals surface area contributed by atoms with Crippen LogP contribution in [0.4, 0.5) is 13.2 Å². The minimum atomic E-state index is -4.41. The lowest BCUT2D eigenvalue weighted by atomic mass is 10.3. The van der Waals surface area contributed by atoms with Gasteiger partial charge in [0, 0.05) is 6.07 Å². The fourth-order valence-electron chi connectivity index (χ4n) is 0.946. The molecule has 2 rings (SSSR count). The van der Waals surface area contributed by atoms with E-state index in [9.17, 15) is 13.2 Å². The molecule has 0 unspecified atom stereocenters. The van der Waals surface area contributed by atoms with Gasteiger partial charge in [-0.2, -0.15) is 13.2 Å². The summed E-state index contributed by atoms with van der Waals surface area (Å²) in [6.07, 6.45) is -4.41. The highest BCUT2D eigenvalue weighted by Gasteiger charge is 2.32. The predicted molar refractivity (Wildman–Crippen MR) is 43.5 cm³/mol. The Kier molecular flexibility index (Phi) is 1.76. The Hall–Kier alpha value is -1.10. The Balaban J connectivity index is 2.61. The summed E-state index contributed by atoms with van der Waals surface area (Å²) in [6.45, 7) is 0. The summed E-state index contributed by atoms with van der Waals surface area (Å²) >= 11 is 1.35. The molecule has 2 aromatic rings. The quantitative estimate of drug-likeness (QED) is 0.639. The van der Waals surface area contributed by atoms with E-state index in [2.05, 4.69) is 11.1 Å². The van der Waals surface area contributed by atoms with Crippen molar-refractivity contribution in [1.29, 1.82) is 0 Å². The molecule has 1 radical (unpaired) electrons. The maximum absolute atomic E-state index is 12.1. The van der Waals surface area contributed by atoms with Gasteiger partial charge in [-0.15, -0.1) is 11.3 Å². The van der Waals surface area contributed by atoms with Crippen molar-refractivity contribution in [1.82, 2.24) is 4.98 Å². The van der Waals surface area contributed by atoms with Crippen LogP contribution in [0.3, 0.4) is 0 Å². The molecule has 2 aromatic heterocycles. The van der Waals surface area contributed by atoms with Crippen molar-refractivity contribution < 1.29 is 13.2 Å². The number of alkyl halides is 3.